The van der Waals surface area contributed by atoms with Crippen LogP contribution in [0, 0.1) is 6.92 Å². The van der Waals surface area contributed by atoms with E-state index in [2.05, 4.69) is 32.0 Å². The molecular formula is C13H16O. The third-order valence-corrected chi connectivity index (χ3v) is 2.86. The van der Waals surface area contributed by atoms with Crippen molar-refractivity contribution >= 4 is 5.57 Å². The average molecular weight is 188 g/mol. The van der Waals surface area contributed by atoms with E-state index < -0.39 is 0 Å². The summed E-state index contributed by atoms with van der Waals surface area (Å²) in [6.45, 7) is 4.30. The molecule has 1 aliphatic carbocycles. The molecule has 0 unspecified atom stereocenters. The Kier molecular flexibility index (Phi) is 2.32. The molecule has 1 fully saturated rings. The Bertz CT molecular complexity index is 382. The van der Waals surface area contributed by atoms with Gasteiger partial charge in [0, 0.05) is 0 Å². The lowest BCUT2D eigenvalue weighted by Crippen LogP contribution is -1.88. The van der Waals surface area contributed by atoms with Gasteiger partial charge >= 0.3 is 0 Å². The Hall–Kier alpha value is -1.24. The van der Waals surface area contributed by atoms with Gasteiger partial charge in [-0.05, 0) is 55.5 Å². The summed E-state index contributed by atoms with van der Waals surface area (Å²) >= 11 is 0. The van der Waals surface area contributed by atoms with Crippen molar-refractivity contribution in [3.05, 3.63) is 34.9 Å². The quantitative estimate of drug-likeness (QED) is 0.689. The predicted molar refractivity (Wildman–Crippen MR) is 59.6 cm³/mol. The van der Waals surface area contributed by atoms with Gasteiger partial charge in [-0.1, -0.05) is 11.6 Å². The number of benzene rings is 1. The Labute approximate surface area is 85.4 Å². The summed E-state index contributed by atoms with van der Waals surface area (Å²) in [6, 6.07) is 6.41. The summed E-state index contributed by atoms with van der Waals surface area (Å²) in [5.74, 6) is 0.974. The molecule has 1 heteroatoms. The van der Waals surface area contributed by atoms with Crippen molar-refractivity contribution in [3.8, 4) is 5.75 Å². The minimum Gasteiger partial charge on any atom is -0.496 e. The maximum absolute atomic E-state index is 5.24. The van der Waals surface area contributed by atoms with Crippen LogP contribution in [-0.4, -0.2) is 7.11 Å². The molecule has 0 N–H and O–H groups in total. The summed E-state index contributed by atoms with van der Waals surface area (Å²) in [5, 5.41) is 0. The van der Waals surface area contributed by atoms with Crippen molar-refractivity contribution < 1.29 is 4.74 Å². The molecule has 0 aliphatic heterocycles. The Morgan fingerprint density at radius 1 is 1.29 bits per heavy atom. The molecule has 1 aromatic carbocycles. The van der Waals surface area contributed by atoms with Crippen LogP contribution in [0.2, 0.25) is 0 Å². The molecule has 0 radical (unpaired) electrons. The van der Waals surface area contributed by atoms with Gasteiger partial charge in [0.15, 0.2) is 0 Å². The van der Waals surface area contributed by atoms with E-state index >= 15 is 0 Å². The smallest absolute Gasteiger partial charge is 0.121 e. The van der Waals surface area contributed by atoms with Crippen LogP contribution in [0.5, 0.6) is 5.75 Å². The Balaban J connectivity index is 2.37. The number of rotatable bonds is 2. The maximum atomic E-state index is 5.24. The SMILES string of the molecule is COc1ccc(C(C)=C2CC2)cc1C. The monoisotopic (exact) mass is 188 g/mol. The lowest BCUT2D eigenvalue weighted by atomic mass is 10.0. The highest BCUT2D eigenvalue weighted by Crippen LogP contribution is 2.36. The molecule has 1 saturated carbocycles. The average Bonchev–Trinajstić information content (AvgIpc) is 3.00. The molecule has 0 heterocycles. The van der Waals surface area contributed by atoms with Crippen molar-refractivity contribution in [2.24, 2.45) is 0 Å². The molecule has 74 valence electrons. The molecule has 14 heavy (non-hydrogen) atoms. The molecule has 0 saturated heterocycles. The highest BCUT2D eigenvalue weighted by molar-refractivity contribution is 5.70. The number of allylic oxidation sites excluding steroid dienone is 2. The van der Waals surface area contributed by atoms with Gasteiger partial charge in [0.1, 0.15) is 5.75 Å². The van der Waals surface area contributed by atoms with E-state index in [9.17, 15) is 0 Å². The number of hydrogen-bond acceptors (Lipinski definition) is 1. The molecule has 2 rings (SSSR count). The largest absolute Gasteiger partial charge is 0.496 e. The van der Waals surface area contributed by atoms with Crippen LogP contribution in [-0.2, 0) is 0 Å². The number of aryl methyl sites for hydroxylation is 1. The molecule has 0 spiro atoms. The second kappa shape index (κ2) is 3.49. The van der Waals surface area contributed by atoms with Gasteiger partial charge in [-0.2, -0.15) is 0 Å². The molecule has 1 aromatic rings. The van der Waals surface area contributed by atoms with E-state index in [1.54, 1.807) is 12.7 Å². The van der Waals surface area contributed by atoms with Gasteiger partial charge in [0.25, 0.3) is 0 Å². The first-order chi connectivity index (χ1) is 6.72. The van der Waals surface area contributed by atoms with Gasteiger partial charge in [0.05, 0.1) is 7.11 Å². The summed E-state index contributed by atoms with van der Waals surface area (Å²) in [4.78, 5) is 0. The van der Waals surface area contributed by atoms with Crippen LogP contribution >= 0.6 is 0 Å². The zero-order valence-electron chi connectivity index (χ0n) is 9.05. The third-order valence-electron chi connectivity index (χ3n) is 2.86. The lowest BCUT2D eigenvalue weighted by molar-refractivity contribution is 0.411. The summed E-state index contributed by atoms with van der Waals surface area (Å²) in [7, 11) is 1.72. The predicted octanol–water partition coefficient (Wildman–Crippen LogP) is 3.57. The van der Waals surface area contributed by atoms with Crippen molar-refractivity contribution in [2.45, 2.75) is 26.7 Å². The summed E-state index contributed by atoms with van der Waals surface area (Å²) < 4.78 is 5.24. The zero-order chi connectivity index (χ0) is 10.1. The van der Waals surface area contributed by atoms with Crippen molar-refractivity contribution in [1.82, 2.24) is 0 Å². The van der Waals surface area contributed by atoms with Crippen LogP contribution < -0.4 is 4.74 Å². The molecule has 0 bridgehead atoms. The molecule has 0 aromatic heterocycles. The minimum atomic E-state index is 0.974. The third kappa shape index (κ3) is 1.67. The van der Waals surface area contributed by atoms with Gasteiger partial charge < -0.3 is 4.74 Å². The molecule has 1 nitrogen and oxygen atoms in total. The van der Waals surface area contributed by atoms with Crippen molar-refractivity contribution in [3.63, 3.8) is 0 Å². The first-order valence-electron chi connectivity index (χ1n) is 5.06. The van der Waals surface area contributed by atoms with Crippen LogP contribution in [0.3, 0.4) is 0 Å². The Morgan fingerprint density at radius 3 is 2.50 bits per heavy atom. The fourth-order valence-corrected chi connectivity index (χ4v) is 1.75. The highest BCUT2D eigenvalue weighted by atomic mass is 16.5. The number of hydrogen-bond donors (Lipinski definition) is 0. The highest BCUT2D eigenvalue weighted by Gasteiger charge is 2.15. The molecule has 0 atom stereocenters. The number of ether oxygens (including phenoxy) is 1. The van der Waals surface area contributed by atoms with E-state index in [1.165, 1.54) is 29.5 Å². The first-order valence-corrected chi connectivity index (χ1v) is 5.06. The zero-order valence-corrected chi connectivity index (χ0v) is 9.05. The molecule has 0 amide bonds. The van der Waals surface area contributed by atoms with Gasteiger partial charge in [-0.15, -0.1) is 0 Å². The summed E-state index contributed by atoms with van der Waals surface area (Å²) in [5.41, 5.74) is 5.62. The Morgan fingerprint density at radius 2 is 2.00 bits per heavy atom. The van der Waals surface area contributed by atoms with E-state index in [1.807, 2.05) is 0 Å². The van der Waals surface area contributed by atoms with E-state index in [4.69, 9.17) is 4.74 Å². The number of methoxy groups -OCH3 is 1. The maximum Gasteiger partial charge on any atom is 0.121 e. The second-order valence-electron chi connectivity index (χ2n) is 3.91. The van der Waals surface area contributed by atoms with Crippen molar-refractivity contribution in [1.29, 1.82) is 0 Å². The van der Waals surface area contributed by atoms with E-state index in [0.29, 0.717) is 0 Å². The normalized spacial score (nSPS) is 14.1. The minimum absolute atomic E-state index is 0.974. The van der Waals surface area contributed by atoms with Crippen molar-refractivity contribution in [2.75, 3.05) is 7.11 Å². The standard InChI is InChI=1S/C13H16O/c1-9-8-12(6-7-13(9)14-3)10(2)11-4-5-11/h6-8H,4-5H2,1-3H3. The van der Waals surface area contributed by atoms with Crippen LogP contribution in [0.1, 0.15) is 30.9 Å². The van der Waals surface area contributed by atoms with Crippen LogP contribution in [0.25, 0.3) is 5.57 Å². The van der Waals surface area contributed by atoms with Gasteiger partial charge in [0.2, 0.25) is 0 Å². The van der Waals surface area contributed by atoms with Gasteiger partial charge in [-0.3, -0.25) is 0 Å². The van der Waals surface area contributed by atoms with Crippen LogP contribution in [0.4, 0.5) is 0 Å². The second-order valence-corrected chi connectivity index (χ2v) is 3.91. The van der Waals surface area contributed by atoms with E-state index in [0.717, 1.165) is 5.75 Å². The lowest BCUT2D eigenvalue weighted by Gasteiger charge is -2.07. The fourth-order valence-electron chi connectivity index (χ4n) is 1.75. The fraction of sp³-hybridized carbons (Fsp3) is 0.385. The molecule has 1 aliphatic rings. The van der Waals surface area contributed by atoms with Crippen LogP contribution in [0.15, 0.2) is 23.8 Å². The first kappa shape index (κ1) is 9.32. The van der Waals surface area contributed by atoms with Gasteiger partial charge in [-0.25, -0.2) is 0 Å². The van der Waals surface area contributed by atoms with E-state index in [-0.39, 0.29) is 0 Å². The summed E-state index contributed by atoms with van der Waals surface area (Å²) in [6.07, 6.45) is 2.58. The molecular weight excluding hydrogens is 172 g/mol. The topological polar surface area (TPSA) is 9.23 Å².